The van der Waals surface area contributed by atoms with Gasteiger partial charge in [-0.25, -0.2) is 9.67 Å². The predicted molar refractivity (Wildman–Crippen MR) is 115 cm³/mol. The lowest BCUT2D eigenvalue weighted by atomic mass is 9.99. The van der Waals surface area contributed by atoms with Crippen LogP contribution >= 0.6 is 0 Å². The van der Waals surface area contributed by atoms with E-state index in [0.717, 1.165) is 48.1 Å². The molecule has 0 aliphatic rings. The number of hydrogen-bond acceptors (Lipinski definition) is 4. The summed E-state index contributed by atoms with van der Waals surface area (Å²) in [6.07, 6.45) is 5.98. The Morgan fingerprint density at radius 3 is 2.66 bits per heavy atom. The number of nitrogens with one attached hydrogen (secondary N) is 2. The molecule has 1 aromatic carbocycles. The molecule has 0 amide bonds. The Hall–Kier alpha value is -3.09. The van der Waals surface area contributed by atoms with Crippen LogP contribution in [0.3, 0.4) is 0 Å². The van der Waals surface area contributed by atoms with Crippen LogP contribution in [0.25, 0.3) is 5.69 Å². The second-order valence-electron chi connectivity index (χ2n) is 6.91. The quantitative estimate of drug-likeness (QED) is 0.423. The Morgan fingerprint density at radius 1 is 1.14 bits per heavy atom. The molecule has 2 aromatic heterocycles. The summed E-state index contributed by atoms with van der Waals surface area (Å²) in [5.41, 5.74) is 3.11. The highest BCUT2D eigenvalue weighted by molar-refractivity contribution is 5.79. The van der Waals surface area contributed by atoms with E-state index in [4.69, 9.17) is 4.52 Å². The van der Waals surface area contributed by atoms with Crippen LogP contribution in [0, 0.1) is 0 Å². The second kappa shape index (κ2) is 10.5. The van der Waals surface area contributed by atoms with Gasteiger partial charge < -0.3 is 15.2 Å². The van der Waals surface area contributed by atoms with Crippen LogP contribution in [0.5, 0.6) is 0 Å². The van der Waals surface area contributed by atoms with Crippen LogP contribution in [-0.2, 0) is 13.1 Å². The average Bonchev–Trinajstić information content (AvgIpc) is 3.42. The third-order valence-corrected chi connectivity index (χ3v) is 4.83. The first-order valence-electron chi connectivity index (χ1n) is 10.3. The van der Waals surface area contributed by atoms with Crippen molar-refractivity contribution in [2.45, 2.75) is 52.6 Å². The van der Waals surface area contributed by atoms with E-state index in [1.807, 2.05) is 60.4 Å². The highest BCUT2D eigenvalue weighted by Gasteiger charge is 2.13. The highest BCUT2D eigenvalue weighted by atomic mass is 16.5. The van der Waals surface area contributed by atoms with Crippen LogP contribution < -0.4 is 10.6 Å². The monoisotopic (exact) mass is 394 g/mol. The maximum atomic E-state index is 5.48. The van der Waals surface area contributed by atoms with Gasteiger partial charge in [-0.3, -0.25) is 0 Å². The minimum absolute atomic E-state index is 0.454. The summed E-state index contributed by atoms with van der Waals surface area (Å²) in [4.78, 5) is 4.66. The molecule has 7 nitrogen and oxygen atoms in total. The van der Waals surface area contributed by atoms with Crippen molar-refractivity contribution in [1.29, 1.82) is 0 Å². The summed E-state index contributed by atoms with van der Waals surface area (Å²) in [5.74, 6) is 2.01. The van der Waals surface area contributed by atoms with Crippen molar-refractivity contribution in [2.24, 2.45) is 4.99 Å². The summed E-state index contributed by atoms with van der Waals surface area (Å²) in [7, 11) is 0. The molecule has 0 aliphatic carbocycles. The van der Waals surface area contributed by atoms with Crippen molar-refractivity contribution in [2.75, 3.05) is 6.54 Å². The second-order valence-corrected chi connectivity index (χ2v) is 6.91. The maximum absolute atomic E-state index is 5.48. The van der Waals surface area contributed by atoms with Gasteiger partial charge in [0.1, 0.15) is 0 Å². The largest absolute Gasteiger partial charge is 0.359 e. The number of guanidine groups is 1. The fourth-order valence-corrected chi connectivity index (χ4v) is 3.16. The molecule has 2 heterocycles. The lowest BCUT2D eigenvalue weighted by molar-refractivity contribution is 0.368. The summed E-state index contributed by atoms with van der Waals surface area (Å²) < 4.78 is 7.34. The molecule has 154 valence electrons. The molecular weight excluding hydrogens is 364 g/mol. The van der Waals surface area contributed by atoms with Gasteiger partial charge in [-0.1, -0.05) is 37.2 Å². The molecule has 0 bridgehead atoms. The zero-order valence-corrected chi connectivity index (χ0v) is 17.4. The molecule has 3 rings (SSSR count). The normalized spacial score (nSPS) is 11.8. The van der Waals surface area contributed by atoms with Gasteiger partial charge in [0.15, 0.2) is 11.7 Å². The smallest absolute Gasteiger partial charge is 0.191 e. The van der Waals surface area contributed by atoms with Gasteiger partial charge in [0.25, 0.3) is 0 Å². The standard InChI is InChI=1S/C22H30N6O/c1-4-18(5-2)21-12-20(29-27-21)15-25-22(23-6-3)24-13-17-14-26-28(16-17)19-10-8-7-9-11-19/h7-12,14,16,18H,4-6,13,15H2,1-3H3,(H2,23,24,25). The number of rotatable bonds is 9. The van der Waals surface area contributed by atoms with E-state index in [0.29, 0.717) is 19.0 Å². The van der Waals surface area contributed by atoms with Gasteiger partial charge in [-0.2, -0.15) is 5.10 Å². The number of benzene rings is 1. The summed E-state index contributed by atoms with van der Waals surface area (Å²) in [6.45, 7) is 8.27. The van der Waals surface area contributed by atoms with Gasteiger partial charge in [-0.05, 0) is 31.9 Å². The summed E-state index contributed by atoms with van der Waals surface area (Å²) in [6, 6.07) is 12.1. The minimum Gasteiger partial charge on any atom is -0.359 e. The molecule has 0 unspecified atom stereocenters. The van der Waals surface area contributed by atoms with E-state index < -0.39 is 0 Å². The Bertz CT molecular complexity index is 895. The minimum atomic E-state index is 0.454. The molecule has 0 radical (unpaired) electrons. The van der Waals surface area contributed by atoms with E-state index in [-0.39, 0.29) is 0 Å². The van der Waals surface area contributed by atoms with Gasteiger partial charge in [0.05, 0.1) is 30.7 Å². The van der Waals surface area contributed by atoms with E-state index >= 15 is 0 Å². The van der Waals surface area contributed by atoms with E-state index in [1.54, 1.807) is 0 Å². The molecule has 0 fully saturated rings. The Morgan fingerprint density at radius 2 is 1.93 bits per heavy atom. The zero-order chi connectivity index (χ0) is 20.5. The Balaban J connectivity index is 1.60. The van der Waals surface area contributed by atoms with Crippen LogP contribution in [0.2, 0.25) is 0 Å². The Kier molecular flexibility index (Phi) is 7.44. The van der Waals surface area contributed by atoms with Gasteiger partial charge in [-0.15, -0.1) is 0 Å². The van der Waals surface area contributed by atoms with Crippen LogP contribution in [0.1, 0.15) is 56.5 Å². The van der Waals surface area contributed by atoms with Crippen molar-refractivity contribution in [1.82, 2.24) is 25.6 Å². The summed E-state index contributed by atoms with van der Waals surface area (Å²) in [5, 5.41) is 15.2. The Labute approximate surface area is 172 Å². The topological polar surface area (TPSA) is 80.3 Å². The molecule has 0 aliphatic heterocycles. The van der Waals surface area contributed by atoms with Crippen molar-refractivity contribution >= 4 is 5.96 Å². The third-order valence-electron chi connectivity index (χ3n) is 4.83. The molecule has 3 aromatic rings. The van der Waals surface area contributed by atoms with E-state index in [2.05, 4.69) is 39.7 Å². The number of hydrogen-bond donors (Lipinski definition) is 2. The van der Waals surface area contributed by atoms with Crippen LogP contribution in [-0.4, -0.2) is 27.4 Å². The van der Waals surface area contributed by atoms with Crippen LogP contribution in [0.15, 0.2) is 58.3 Å². The first-order chi connectivity index (χ1) is 14.2. The highest BCUT2D eigenvalue weighted by Crippen LogP contribution is 2.22. The molecule has 7 heteroatoms. The number of aromatic nitrogens is 3. The van der Waals surface area contributed by atoms with Gasteiger partial charge in [0.2, 0.25) is 0 Å². The fourth-order valence-electron chi connectivity index (χ4n) is 3.16. The third kappa shape index (κ3) is 5.70. The molecule has 0 atom stereocenters. The number of aliphatic imine (C=N–C) groups is 1. The van der Waals surface area contributed by atoms with Crippen molar-refractivity contribution in [3.8, 4) is 5.69 Å². The lowest BCUT2D eigenvalue weighted by Crippen LogP contribution is -2.36. The molecule has 0 saturated carbocycles. The molecule has 0 saturated heterocycles. The first-order valence-corrected chi connectivity index (χ1v) is 10.3. The SMILES string of the molecule is CCNC(=NCc1cnn(-c2ccccc2)c1)NCc1cc(C(CC)CC)no1. The summed E-state index contributed by atoms with van der Waals surface area (Å²) >= 11 is 0. The fraction of sp³-hybridized carbons (Fsp3) is 0.409. The zero-order valence-electron chi connectivity index (χ0n) is 17.4. The lowest BCUT2D eigenvalue weighted by Gasteiger charge is -2.09. The average molecular weight is 395 g/mol. The molecule has 0 spiro atoms. The van der Waals surface area contributed by atoms with Crippen molar-refractivity contribution < 1.29 is 4.52 Å². The molecule has 29 heavy (non-hydrogen) atoms. The molecular formula is C22H30N6O. The van der Waals surface area contributed by atoms with Crippen LogP contribution in [0.4, 0.5) is 0 Å². The van der Waals surface area contributed by atoms with Crippen molar-refractivity contribution in [3.05, 3.63) is 65.8 Å². The number of para-hydroxylation sites is 1. The van der Waals surface area contributed by atoms with E-state index in [9.17, 15) is 0 Å². The predicted octanol–water partition coefficient (Wildman–Crippen LogP) is 4.02. The molecule has 2 N–H and O–H groups in total. The van der Waals surface area contributed by atoms with Crippen molar-refractivity contribution in [3.63, 3.8) is 0 Å². The van der Waals surface area contributed by atoms with Gasteiger partial charge >= 0.3 is 0 Å². The van der Waals surface area contributed by atoms with Gasteiger partial charge in [0, 0.05) is 30.3 Å². The van der Waals surface area contributed by atoms with E-state index in [1.165, 1.54) is 0 Å². The first kappa shape index (κ1) is 20.6. The number of nitrogens with zero attached hydrogens (tertiary/aromatic N) is 4. The maximum Gasteiger partial charge on any atom is 0.191 e.